The Balaban J connectivity index is 1.68. The van der Waals surface area contributed by atoms with E-state index in [0.717, 1.165) is 14.3 Å². The number of carbonyl (C=O) groups is 1. The van der Waals surface area contributed by atoms with Crippen LogP contribution in [0.2, 0.25) is 0 Å². The molecule has 0 saturated carbocycles. The summed E-state index contributed by atoms with van der Waals surface area (Å²) in [6, 6.07) is 19.6. The van der Waals surface area contributed by atoms with Gasteiger partial charge in [-0.15, -0.1) is 0 Å². The third kappa shape index (κ3) is 4.75. The molecule has 1 amide bonds. The summed E-state index contributed by atoms with van der Waals surface area (Å²) < 4.78 is 14.4. The Morgan fingerprint density at radius 1 is 1.09 bits per heavy atom. The largest absolute Gasteiger partial charge is 0.483 e. The van der Waals surface area contributed by atoms with Crippen molar-refractivity contribution in [1.82, 2.24) is 9.66 Å². The molecular formula is C25H16Br2N4O4. The van der Waals surface area contributed by atoms with Crippen LogP contribution in [0.5, 0.6) is 5.75 Å². The molecule has 10 heteroatoms. The molecule has 0 aliphatic rings. The minimum absolute atomic E-state index is 0.242. The molecule has 0 atom stereocenters. The third-order valence-electron chi connectivity index (χ3n) is 5.11. The van der Waals surface area contributed by atoms with Crippen molar-refractivity contribution in [3.63, 3.8) is 0 Å². The van der Waals surface area contributed by atoms with Crippen molar-refractivity contribution >= 4 is 65.9 Å². The summed E-state index contributed by atoms with van der Waals surface area (Å²) in [4.78, 5) is 29.3. The fraction of sp³-hybridized carbons (Fsp3) is 0.0400. The van der Waals surface area contributed by atoms with Crippen molar-refractivity contribution in [1.29, 1.82) is 0 Å². The molecule has 0 radical (unpaired) electrons. The van der Waals surface area contributed by atoms with Gasteiger partial charge in [-0.1, -0.05) is 44.0 Å². The normalized spacial score (nSPS) is 11.5. The summed E-state index contributed by atoms with van der Waals surface area (Å²) in [6.07, 6.45) is 1.46. The number of furan rings is 1. The highest BCUT2D eigenvalue weighted by atomic mass is 79.9. The molecule has 0 unspecified atom stereocenters. The van der Waals surface area contributed by atoms with Crippen molar-refractivity contribution in [3.8, 4) is 17.3 Å². The first kappa shape index (κ1) is 23.0. The molecule has 0 saturated heterocycles. The lowest BCUT2D eigenvalue weighted by molar-refractivity contribution is -0.119. The van der Waals surface area contributed by atoms with Crippen LogP contribution < -0.4 is 16.0 Å². The van der Waals surface area contributed by atoms with Crippen LogP contribution in [0, 0.1) is 0 Å². The van der Waals surface area contributed by atoms with Crippen LogP contribution in [-0.4, -0.2) is 28.4 Å². The number of carbonyl (C=O) groups excluding carboxylic acids is 1. The summed E-state index contributed by atoms with van der Waals surface area (Å²) >= 11 is 6.88. The zero-order chi connectivity index (χ0) is 24.5. The lowest BCUT2D eigenvalue weighted by Gasteiger charge is -2.09. The molecule has 0 fully saturated rings. The Hall–Kier alpha value is -3.76. The molecule has 0 spiro atoms. The minimum atomic E-state index is -0.607. The van der Waals surface area contributed by atoms with Crippen LogP contribution in [0.4, 0.5) is 0 Å². The van der Waals surface area contributed by atoms with Crippen LogP contribution in [0.25, 0.3) is 33.5 Å². The van der Waals surface area contributed by atoms with E-state index in [2.05, 4.69) is 41.9 Å². The highest BCUT2D eigenvalue weighted by Gasteiger charge is 2.17. The summed E-state index contributed by atoms with van der Waals surface area (Å²) in [7, 11) is 0. The maximum absolute atomic E-state index is 13.4. The second-order valence-electron chi connectivity index (χ2n) is 7.54. The number of amides is 1. The Bertz CT molecular complexity index is 1690. The van der Waals surface area contributed by atoms with Gasteiger partial charge in [0, 0.05) is 19.9 Å². The van der Waals surface area contributed by atoms with Gasteiger partial charge in [0.2, 0.25) is 5.82 Å². The van der Waals surface area contributed by atoms with Gasteiger partial charge >= 0.3 is 0 Å². The summed E-state index contributed by atoms with van der Waals surface area (Å²) in [5.74, 6) is 0.404. The zero-order valence-corrected chi connectivity index (χ0v) is 21.1. The number of nitrogens with two attached hydrogens (primary N) is 1. The van der Waals surface area contributed by atoms with Gasteiger partial charge in [-0.2, -0.15) is 9.78 Å². The van der Waals surface area contributed by atoms with Crippen LogP contribution in [0.3, 0.4) is 0 Å². The smallest absolute Gasteiger partial charge is 0.282 e. The van der Waals surface area contributed by atoms with E-state index >= 15 is 0 Å². The summed E-state index contributed by atoms with van der Waals surface area (Å²) in [5.41, 5.74) is 6.54. The number of rotatable bonds is 6. The molecular weight excluding hydrogens is 580 g/mol. The van der Waals surface area contributed by atoms with Crippen molar-refractivity contribution in [3.05, 3.63) is 91.6 Å². The number of aromatic nitrogens is 2. The molecule has 0 aliphatic heterocycles. The Morgan fingerprint density at radius 3 is 2.69 bits per heavy atom. The zero-order valence-electron chi connectivity index (χ0n) is 17.9. The molecule has 0 aliphatic carbocycles. The average Bonchev–Trinajstić information content (AvgIpc) is 3.25. The number of para-hydroxylation sites is 1. The first-order valence-corrected chi connectivity index (χ1v) is 11.9. The van der Waals surface area contributed by atoms with Gasteiger partial charge in [-0.05, 0) is 54.6 Å². The third-order valence-corrected chi connectivity index (χ3v) is 6.09. The van der Waals surface area contributed by atoms with E-state index in [4.69, 9.17) is 14.9 Å². The molecule has 3 aromatic carbocycles. The quantitative estimate of drug-likeness (QED) is 0.275. The number of nitrogens with zero attached hydrogens (tertiary/aromatic N) is 3. The lowest BCUT2D eigenvalue weighted by Crippen LogP contribution is -2.21. The van der Waals surface area contributed by atoms with E-state index in [1.54, 1.807) is 36.4 Å². The monoisotopic (exact) mass is 594 g/mol. The second kappa shape index (κ2) is 9.47. The van der Waals surface area contributed by atoms with Crippen LogP contribution in [0.1, 0.15) is 5.56 Å². The predicted octanol–water partition coefficient (Wildman–Crippen LogP) is 5.08. The minimum Gasteiger partial charge on any atom is -0.483 e. The standard InChI is InChI=1S/C25H16Br2N4O4/c26-16-6-8-21-14(9-16)11-22(35-21)24-30-19-4-2-1-3-18(19)25(33)31(24)29-12-15-10-17(27)5-7-20(15)34-13-23(28)32/h1-12H,13H2,(H2,28,32). The average molecular weight is 596 g/mol. The SMILES string of the molecule is NC(=O)COc1ccc(Br)cc1C=Nn1c(-c2cc3cc(Br)ccc3o2)nc2ccccc2c1=O. The number of ether oxygens (including phenoxy) is 1. The first-order valence-electron chi connectivity index (χ1n) is 10.4. The van der Waals surface area contributed by atoms with Crippen molar-refractivity contribution in [2.24, 2.45) is 10.8 Å². The highest BCUT2D eigenvalue weighted by Crippen LogP contribution is 2.29. The lowest BCUT2D eigenvalue weighted by atomic mass is 10.2. The molecule has 2 heterocycles. The number of fused-ring (bicyclic) bond motifs is 2. The van der Waals surface area contributed by atoms with Gasteiger partial charge < -0.3 is 14.9 Å². The van der Waals surface area contributed by atoms with E-state index in [0.29, 0.717) is 33.6 Å². The van der Waals surface area contributed by atoms with E-state index in [1.807, 2.05) is 30.3 Å². The van der Waals surface area contributed by atoms with E-state index in [1.165, 1.54) is 10.9 Å². The van der Waals surface area contributed by atoms with Crippen molar-refractivity contribution < 1.29 is 13.9 Å². The van der Waals surface area contributed by atoms with Gasteiger partial charge in [0.1, 0.15) is 11.3 Å². The molecule has 5 rings (SSSR count). The number of hydrogen-bond acceptors (Lipinski definition) is 6. The van der Waals surface area contributed by atoms with Gasteiger partial charge in [0.25, 0.3) is 11.5 Å². The fourth-order valence-electron chi connectivity index (χ4n) is 3.54. The maximum Gasteiger partial charge on any atom is 0.282 e. The Morgan fingerprint density at radius 2 is 1.86 bits per heavy atom. The van der Waals surface area contributed by atoms with Gasteiger partial charge in [-0.25, -0.2) is 4.98 Å². The molecule has 2 N–H and O–H groups in total. The molecule has 8 nitrogen and oxygen atoms in total. The van der Waals surface area contributed by atoms with Crippen LogP contribution >= 0.6 is 31.9 Å². The second-order valence-corrected chi connectivity index (χ2v) is 9.38. The van der Waals surface area contributed by atoms with Crippen LogP contribution in [-0.2, 0) is 4.79 Å². The molecule has 0 bridgehead atoms. The first-order chi connectivity index (χ1) is 16.9. The number of benzene rings is 3. The molecule has 2 aromatic heterocycles. The number of halogens is 2. The van der Waals surface area contributed by atoms with Crippen LogP contribution in [0.15, 0.2) is 90.0 Å². The summed E-state index contributed by atoms with van der Waals surface area (Å²) in [5, 5.41) is 5.71. The maximum atomic E-state index is 13.4. The Labute approximate surface area is 215 Å². The van der Waals surface area contributed by atoms with Gasteiger partial charge in [-0.3, -0.25) is 9.59 Å². The summed E-state index contributed by atoms with van der Waals surface area (Å²) in [6.45, 7) is -0.292. The predicted molar refractivity (Wildman–Crippen MR) is 141 cm³/mol. The van der Waals surface area contributed by atoms with Crippen molar-refractivity contribution in [2.45, 2.75) is 0 Å². The highest BCUT2D eigenvalue weighted by molar-refractivity contribution is 9.10. The van der Waals surface area contributed by atoms with Gasteiger partial charge in [0.15, 0.2) is 12.4 Å². The van der Waals surface area contributed by atoms with E-state index in [9.17, 15) is 9.59 Å². The number of primary amides is 1. The number of hydrogen-bond donors (Lipinski definition) is 1. The topological polar surface area (TPSA) is 113 Å². The van der Waals surface area contributed by atoms with Crippen molar-refractivity contribution in [2.75, 3.05) is 6.61 Å². The Kier molecular flexibility index (Phi) is 6.23. The molecule has 5 aromatic rings. The molecule has 174 valence electrons. The molecule has 35 heavy (non-hydrogen) atoms. The fourth-order valence-corrected chi connectivity index (χ4v) is 4.29. The van der Waals surface area contributed by atoms with E-state index < -0.39 is 5.91 Å². The van der Waals surface area contributed by atoms with Gasteiger partial charge in [0.05, 0.1) is 17.1 Å². The van der Waals surface area contributed by atoms with E-state index in [-0.39, 0.29) is 18.0 Å².